The number of rotatable bonds is 6. The molecule has 0 fully saturated rings. The molecule has 0 amide bonds. The maximum absolute atomic E-state index is 4.48. The molecular formula is C14H22BrN. The third-order valence-electron chi connectivity index (χ3n) is 2.93. The predicted molar refractivity (Wildman–Crippen MR) is 74.1 cm³/mol. The van der Waals surface area contributed by atoms with Gasteiger partial charge in [-0.1, -0.05) is 42.8 Å². The van der Waals surface area contributed by atoms with Crippen LogP contribution in [0.4, 0.5) is 0 Å². The number of aryl methyl sites for hydroxylation is 2. The molecule has 0 spiro atoms. The maximum Gasteiger partial charge on any atom is 0.0403 e. The van der Waals surface area contributed by atoms with E-state index >= 15 is 0 Å². The van der Waals surface area contributed by atoms with Crippen molar-refractivity contribution in [1.29, 1.82) is 0 Å². The molecule has 0 radical (unpaired) electrons. The Kier molecular flexibility index (Phi) is 6.04. The van der Waals surface area contributed by atoms with E-state index in [1.165, 1.54) is 24.1 Å². The summed E-state index contributed by atoms with van der Waals surface area (Å²) in [6, 6.07) is 4.36. The third-order valence-corrected chi connectivity index (χ3v) is 4.45. The lowest BCUT2D eigenvalue weighted by Gasteiger charge is -2.12. The molecule has 0 bridgehead atoms. The molecule has 0 N–H and O–H groups in total. The van der Waals surface area contributed by atoms with Gasteiger partial charge in [0.05, 0.1) is 0 Å². The summed E-state index contributed by atoms with van der Waals surface area (Å²) in [6.07, 6.45) is 6.62. The average Bonchev–Trinajstić information content (AvgIpc) is 2.29. The smallest absolute Gasteiger partial charge is 0.0403 e. The first-order chi connectivity index (χ1) is 7.63. The summed E-state index contributed by atoms with van der Waals surface area (Å²) in [5.41, 5.74) is 2.55. The summed E-state index contributed by atoms with van der Waals surface area (Å²) < 4.78 is 0. The lowest BCUT2D eigenvalue weighted by atomic mass is 10.0. The van der Waals surface area contributed by atoms with Gasteiger partial charge in [-0.3, -0.25) is 4.98 Å². The van der Waals surface area contributed by atoms with Gasteiger partial charge in [0, 0.05) is 16.7 Å². The standard InChI is InChI=1S/C14H22BrN/c1-4-12-8-9-13(16-10-12)6-5-7-14(15)11(2)3/h8-11,14H,4-7H2,1-3H3. The Hall–Kier alpha value is -0.370. The molecule has 0 aliphatic heterocycles. The highest BCUT2D eigenvalue weighted by Crippen LogP contribution is 2.18. The molecule has 1 nitrogen and oxygen atoms in total. The second-order valence-corrected chi connectivity index (χ2v) is 5.84. The summed E-state index contributed by atoms with van der Waals surface area (Å²) in [5, 5.41) is 0. The van der Waals surface area contributed by atoms with E-state index in [2.05, 4.69) is 53.8 Å². The van der Waals surface area contributed by atoms with E-state index in [1.54, 1.807) is 0 Å². The van der Waals surface area contributed by atoms with Gasteiger partial charge < -0.3 is 0 Å². The van der Waals surface area contributed by atoms with Gasteiger partial charge in [0.1, 0.15) is 0 Å². The third kappa shape index (κ3) is 4.65. The molecular weight excluding hydrogens is 262 g/mol. The topological polar surface area (TPSA) is 12.9 Å². The molecule has 0 aliphatic rings. The molecule has 0 aliphatic carbocycles. The molecule has 0 saturated carbocycles. The van der Waals surface area contributed by atoms with E-state index in [0.29, 0.717) is 4.83 Å². The van der Waals surface area contributed by atoms with Crippen LogP contribution in [-0.4, -0.2) is 9.81 Å². The van der Waals surface area contributed by atoms with Crippen LogP contribution in [0.25, 0.3) is 0 Å². The van der Waals surface area contributed by atoms with Crippen molar-refractivity contribution in [2.24, 2.45) is 5.92 Å². The van der Waals surface area contributed by atoms with Crippen molar-refractivity contribution in [1.82, 2.24) is 4.98 Å². The van der Waals surface area contributed by atoms with Crippen LogP contribution < -0.4 is 0 Å². The fourth-order valence-corrected chi connectivity index (χ4v) is 1.95. The van der Waals surface area contributed by atoms with Crippen LogP contribution in [0, 0.1) is 5.92 Å². The molecule has 1 atom stereocenters. The first-order valence-electron chi connectivity index (χ1n) is 6.21. The lowest BCUT2D eigenvalue weighted by Crippen LogP contribution is -2.07. The van der Waals surface area contributed by atoms with Gasteiger partial charge in [0.15, 0.2) is 0 Å². The lowest BCUT2D eigenvalue weighted by molar-refractivity contribution is 0.560. The van der Waals surface area contributed by atoms with Crippen LogP contribution in [0.2, 0.25) is 0 Å². The zero-order valence-electron chi connectivity index (χ0n) is 10.5. The van der Waals surface area contributed by atoms with Gasteiger partial charge >= 0.3 is 0 Å². The summed E-state index contributed by atoms with van der Waals surface area (Å²) in [4.78, 5) is 5.12. The van der Waals surface area contributed by atoms with E-state index in [0.717, 1.165) is 18.8 Å². The van der Waals surface area contributed by atoms with E-state index in [-0.39, 0.29) is 0 Å². The molecule has 0 aromatic carbocycles. The number of alkyl halides is 1. The number of halogens is 1. The minimum absolute atomic E-state index is 0.641. The second kappa shape index (κ2) is 7.05. The quantitative estimate of drug-likeness (QED) is 0.706. The highest BCUT2D eigenvalue weighted by atomic mass is 79.9. The monoisotopic (exact) mass is 283 g/mol. The van der Waals surface area contributed by atoms with Crippen molar-refractivity contribution in [3.05, 3.63) is 29.6 Å². The second-order valence-electron chi connectivity index (χ2n) is 4.66. The van der Waals surface area contributed by atoms with E-state index in [1.807, 2.05) is 6.20 Å². The SMILES string of the molecule is CCc1ccc(CCCC(Br)C(C)C)nc1. The maximum atomic E-state index is 4.48. The van der Waals surface area contributed by atoms with Crippen molar-refractivity contribution in [3.8, 4) is 0 Å². The molecule has 16 heavy (non-hydrogen) atoms. The number of hydrogen-bond acceptors (Lipinski definition) is 1. The van der Waals surface area contributed by atoms with Crippen LogP contribution in [0.1, 0.15) is 44.9 Å². The Morgan fingerprint density at radius 1 is 1.31 bits per heavy atom. The normalized spacial score (nSPS) is 13.1. The summed E-state index contributed by atoms with van der Waals surface area (Å²) in [7, 11) is 0. The predicted octanol–water partition coefficient (Wildman–Crippen LogP) is 4.39. The van der Waals surface area contributed by atoms with Gasteiger partial charge in [0.25, 0.3) is 0 Å². The van der Waals surface area contributed by atoms with Gasteiger partial charge in [-0.05, 0) is 43.2 Å². The molecule has 1 unspecified atom stereocenters. The molecule has 1 rings (SSSR count). The molecule has 0 saturated heterocycles. The zero-order chi connectivity index (χ0) is 12.0. The van der Waals surface area contributed by atoms with Crippen molar-refractivity contribution < 1.29 is 0 Å². The number of nitrogens with zero attached hydrogens (tertiary/aromatic N) is 1. The average molecular weight is 284 g/mol. The van der Waals surface area contributed by atoms with E-state index in [4.69, 9.17) is 0 Å². The minimum Gasteiger partial charge on any atom is -0.261 e. The van der Waals surface area contributed by atoms with Crippen LogP contribution in [0.3, 0.4) is 0 Å². The largest absolute Gasteiger partial charge is 0.261 e. The highest BCUT2D eigenvalue weighted by molar-refractivity contribution is 9.09. The Morgan fingerprint density at radius 2 is 2.06 bits per heavy atom. The molecule has 1 heterocycles. The van der Waals surface area contributed by atoms with Crippen molar-refractivity contribution in [2.75, 3.05) is 0 Å². The van der Waals surface area contributed by atoms with Crippen LogP contribution in [-0.2, 0) is 12.8 Å². The first-order valence-corrected chi connectivity index (χ1v) is 7.13. The summed E-state index contributed by atoms with van der Waals surface area (Å²) in [5.74, 6) is 0.718. The Morgan fingerprint density at radius 3 is 2.56 bits per heavy atom. The fourth-order valence-electron chi connectivity index (χ4n) is 1.62. The van der Waals surface area contributed by atoms with Gasteiger partial charge in [-0.25, -0.2) is 0 Å². The molecule has 2 heteroatoms. The highest BCUT2D eigenvalue weighted by Gasteiger charge is 2.08. The van der Waals surface area contributed by atoms with Crippen molar-refractivity contribution in [2.45, 2.75) is 51.3 Å². The Balaban J connectivity index is 2.31. The minimum atomic E-state index is 0.641. The van der Waals surface area contributed by atoms with Crippen LogP contribution >= 0.6 is 15.9 Å². The molecule has 90 valence electrons. The van der Waals surface area contributed by atoms with E-state index < -0.39 is 0 Å². The first kappa shape index (κ1) is 13.7. The van der Waals surface area contributed by atoms with Gasteiger partial charge in [-0.15, -0.1) is 0 Å². The zero-order valence-corrected chi connectivity index (χ0v) is 12.1. The van der Waals surface area contributed by atoms with Gasteiger partial charge in [0.2, 0.25) is 0 Å². The van der Waals surface area contributed by atoms with Crippen molar-refractivity contribution in [3.63, 3.8) is 0 Å². The number of pyridine rings is 1. The van der Waals surface area contributed by atoms with Crippen LogP contribution in [0.5, 0.6) is 0 Å². The number of aromatic nitrogens is 1. The summed E-state index contributed by atoms with van der Waals surface area (Å²) in [6.45, 7) is 6.68. The van der Waals surface area contributed by atoms with Gasteiger partial charge in [-0.2, -0.15) is 0 Å². The Bertz CT molecular complexity index is 292. The Labute approximate surface area is 108 Å². The molecule has 1 aromatic rings. The summed E-state index contributed by atoms with van der Waals surface area (Å²) >= 11 is 3.72. The van der Waals surface area contributed by atoms with Crippen LogP contribution in [0.15, 0.2) is 18.3 Å². The van der Waals surface area contributed by atoms with E-state index in [9.17, 15) is 0 Å². The molecule has 1 aromatic heterocycles. The van der Waals surface area contributed by atoms with Crippen molar-refractivity contribution >= 4 is 15.9 Å². The number of hydrogen-bond donors (Lipinski definition) is 0. The fraction of sp³-hybridized carbons (Fsp3) is 0.643.